The number of hydrogen-bond donors (Lipinski definition) is 1. The van der Waals surface area contributed by atoms with Gasteiger partial charge in [0.05, 0.1) is 10.6 Å². The molecule has 1 heterocycles. The van der Waals surface area contributed by atoms with Crippen LogP contribution in [0.2, 0.25) is 0 Å². The molecule has 0 spiro atoms. The van der Waals surface area contributed by atoms with Crippen molar-refractivity contribution in [2.24, 2.45) is 0 Å². The zero-order chi connectivity index (χ0) is 23.3. The summed E-state index contributed by atoms with van der Waals surface area (Å²) in [6.07, 6.45) is 7.37. The monoisotopic (exact) mass is 476 g/mol. The van der Waals surface area contributed by atoms with Gasteiger partial charge in [-0.25, -0.2) is 12.8 Å². The van der Waals surface area contributed by atoms with Gasteiger partial charge in [0, 0.05) is 12.1 Å². The van der Waals surface area contributed by atoms with E-state index in [0.717, 1.165) is 42.8 Å². The van der Waals surface area contributed by atoms with Crippen molar-refractivity contribution in [1.82, 2.24) is 5.32 Å². The number of nitrogens with zero attached hydrogens (tertiary/aromatic N) is 1. The van der Waals surface area contributed by atoms with E-state index in [1.54, 1.807) is 6.07 Å². The average molecular weight is 477 g/mol. The maximum absolute atomic E-state index is 13.6. The van der Waals surface area contributed by atoms with Crippen LogP contribution in [0, 0.1) is 5.82 Å². The van der Waals surface area contributed by atoms with Gasteiger partial charge in [0.2, 0.25) is 5.91 Å². The molecule has 1 fully saturated rings. The number of benzene rings is 2. The highest BCUT2D eigenvalue weighted by atomic mass is 32.2. The molecule has 1 aliphatic carbocycles. The van der Waals surface area contributed by atoms with Crippen LogP contribution in [0.3, 0.4) is 0 Å². The summed E-state index contributed by atoms with van der Waals surface area (Å²) < 4.78 is 52.7. The largest absolute Gasteiger partial charge is 0.486 e. The van der Waals surface area contributed by atoms with E-state index < -0.39 is 22.4 Å². The topological polar surface area (TPSA) is 84.9 Å². The number of halogens is 1. The predicted molar refractivity (Wildman–Crippen MR) is 123 cm³/mol. The molecule has 33 heavy (non-hydrogen) atoms. The lowest BCUT2D eigenvalue weighted by Gasteiger charge is -2.27. The first-order chi connectivity index (χ1) is 15.9. The van der Waals surface area contributed by atoms with Gasteiger partial charge >= 0.3 is 0 Å². The third-order valence-corrected chi connectivity index (χ3v) is 7.74. The molecule has 0 aromatic heterocycles. The quantitative estimate of drug-likeness (QED) is 0.681. The zero-order valence-corrected chi connectivity index (χ0v) is 19.3. The van der Waals surface area contributed by atoms with Gasteiger partial charge in [0.15, 0.2) is 11.5 Å². The van der Waals surface area contributed by atoms with Crippen molar-refractivity contribution in [3.63, 3.8) is 0 Å². The van der Waals surface area contributed by atoms with E-state index >= 15 is 0 Å². The number of carbonyl (C=O) groups excluding carboxylic acids is 1. The van der Waals surface area contributed by atoms with Gasteiger partial charge in [-0.3, -0.25) is 9.10 Å². The highest BCUT2D eigenvalue weighted by Gasteiger charge is 2.29. The molecule has 0 atom stereocenters. The molecule has 2 aliphatic rings. The summed E-state index contributed by atoms with van der Waals surface area (Å²) in [6.45, 7) is 0.309. The van der Waals surface area contributed by atoms with Crippen molar-refractivity contribution in [3.05, 3.63) is 48.3 Å². The maximum Gasteiger partial charge on any atom is 0.264 e. The van der Waals surface area contributed by atoms with Crippen LogP contribution in [-0.2, 0) is 14.8 Å². The molecular weight excluding hydrogens is 447 g/mol. The Kier molecular flexibility index (Phi) is 7.37. The third-order valence-electron chi connectivity index (χ3n) is 5.97. The molecule has 2 aromatic rings. The summed E-state index contributed by atoms with van der Waals surface area (Å²) in [5.74, 6) is -0.0728. The first-order valence-electron chi connectivity index (χ1n) is 11.4. The second-order valence-electron chi connectivity index (χ2n) is 8.40. The smallest absolute Gasteiger partial charge is 0.264 e. The van der Waals surface area contributed by atoms with Gasteiger partial charge in [-0.2, -0.15) is 0 Å². The van der Waals surface area contributed by atoms with Crippen LogP contribution < -0.4 is 19.1 Å². The van der Waals surface area contributed by atoms with Crippen molar-refractivity contribution in [2.75, 3.05) is 24.1 Å². The standard InChI is InChI=1S/C24H29FN2O5S/c25-18-8-10-20(11-9-18)27(17-24(28)26-19-6-4-2-1-3-5-7-19)33(29,30)21-12-13-22-23(16-21)32-15-14-31-22/h8-13,16,19H,1-7,14-15,17H2,(H,26,28). The Hall–Kier alpha value is -2.81. The van der Waals surface area contributed by atoms with Crippen molar-refractivity contribution >= 4 is 21.6 Å². The van der Waals surface area contributed by atoms with Crippen molar-refractivity contribution in [2.45, 2.75) is 55.9 Å². The highest BCUT2D eigenvalue weighted by molar-refractivity contribution is 7.92. The molecule has 1 N–H and O–H groups in total. The summed E-state index contributed by atoms with van der Waals surface area (Å²) in [4.78, 5) is 12.9. The molecule has 0 radical (unpaired) electrons. The maximum atomic E-state index is 13.6. The lowest BCUT2D eigenvalue weighted by atomic mass is 9.97. The minimum Gasteiger partial charge on any atom is -0.486 e. The molecule has 1 amide bonds. The summed E-state index contributed by atoms with van der Waals surface area (Å²) in [5, 5.41) is 3.01. The number of anilines is 1. The molecule has 0 saturated heterocycles. The Bertz CT molecular complexity index is 1070. The number of amides is 1. The second kappa shape index (κ2) is 10.4. The van der Waals surface area contributed by atoms with E-state index in [9.17, 15) is 17.6 Å². The molecule has 9 heteroatoms. The summed E-state index contributed by atoms with van der Waals surface area (Å²) in [7, 11) is -4.13. The molecule has 1 saturated carbocycles. The number of rotatable bonds is 6. The Labute approximate surface area is 193 Å². The Morgan fingerprint density at radius 2 is 1.58 bits per heavy atom. The van der Waals surface area contributed by atoms with Gasteiger partial charge in [-0.05, 0) is 49.2 Å². The van der Waals surface area contributed by atoms with Crippen LogP contribution in [0.5, 0.6) is 11.5 Å². The number of carbonyl (C=O) groups is 1. The number of fused-ring (bicyclic) bond motifs is 1. The number of ether oxygens (including phenoxy) is 2. The van der Waals surface area contributed by atoms with E-state index in [1.165, 1.54) is 42.8 Å². The zero-order valence-electron chi connectivity index (χ0n) is 18.5. The van der Waals surface area contributed by atoms with Crippen LogP contribution in [0.15, 0.2) is 47.4 Å². The van der Waals surface area contributed by atoms with Crippen LogP contribution in [0.25, 0.3) is 0 Å². The highest BCUT2D eigenvalue weighted by Crippen LogP contribution is 2.34. The Balaban J connectivity index is 1.59. The van der Waals surface area contributed by atoms with Gasteiger partial charge < -0.3 is 14.8 Å². The second-order valence-corrected chi connectivity index (χ2v) is 10.3. The lowest BCUT2D eigenvalue weighted by molar-refractivity contribution is -0.120. The van der Waals surface area contributed by atoms with Crippen LogP contribution >= 0.6 is 0 Å². The fourth-order valence-corrected chi connectivity index (χ4v) is 5.67. The van der Waals surface area contributed by atoms with E-state index in [-0.39, 0.29) is 22.5 Å². The van der Waals surface area contributed by atoms with Crippen LogP contribution in [0.4, 0.5) is 10.1 Å². The SMILES string of the molecule is O=C(CN(c1ccc(F)cc1)S(=O)(=O)c1ccc2c(c1)OCCO2)NC1CCCCCCC1. The van der Waals surface area contributed by atoms with Crippen molar-refractivity contribution < 1.29 is 27.1 Å². The summed E-state index contributed by atoms with van der Waals surface area (Å²) in [5.41, 5.74) is 0.208. The first-order valence-corrected chi connectivity index (χ1v) is 12.8. The normalized spacial score (nSPS) is 17.0. The fourth-order valence-electron chi connectivity index (χ4n) is 4.24. The van der Waals surface area contributed by atoms with Crippen LogP contribution in [-0.4, -0.2) is 40.1 Å². The number of sulfonamides is 1. The van der Waals surface area contributed by atoms with Crippen molar-refractivity contribution in [3.8, 4) is 11.5 Å². The lowest BCUT2D eigenvalue weighted by Crippen LogP contribution is -2.44. The molecule has 2 aromatic carbocycles. The number of nitrogens with one attached hydrogen (secondary N) is 1. The van der Waals surface area contributed by atoms with E-state index in [0.29, 0.717) is 24.7 Å². The minimum atomic E-state index is -4.13. The fraction of sp³-hybridized carbons (Fsp3) is 0.458. The van der Waals surface area contributed by atoms with E-state index in [4.69, 9.17) is 9.47 Å². The van der Waals surface area contributed by atoms with Crippen LogP contribution in [0.1, 0.15) is 44.9 Å². The van der Waals surface area contributed by atoms with Gasteiger partial charge in [-0.1, -0.05) is 32.1 Å². The molecule has 0 bridgehead atoms. The summed E-state index contributed by atoms with van der Waals surface area (Å²) in [6, 6.07) is 9.45. The van der Waals surface area contributed by atoms with Gasteiger partial charge in [0.25, 0.3) is 10.0 Å². The Morgan fingerprint density at radius 1 is 0.939 bits per heavy atom. The molecular formula is C24H29FN2O5S. The molecule has 178 valence electrons. The number of hydrogen-bond acceptors (Lipinski definition) is 5. The average Bonchev–Trinajstić information content (AvgIpc) is 2.79. The molecule has 7 nitrogen and oxygen atoms in total. The van der Waals surface area contributed by atoms with Crippen molar-refractivity contribution in [1.29, 1.82) is 0 Å². The van der Waals surface area contributed by atoms with Gasteiger partial charge in [-0.15, -0.1) is 0 Å². The minimum absolute atomic E-state index is 0.0323. The Morgan fingerprint density at radius 3 is 2.27 bits per heavy atom. The molecule has 4 rings (SSSR count). The van der Waals surface area contributed by atoms with Gasteiger partial charge in [0.1, 0.15) is 25.6 Å². The summed E-state index contributed by atoms with van der Waals surface area (Å²) >= 11 is 0. The van der Waals surface area contributed by atoms with E-state index in [2.05, 4.69) is 5.32 Å². The molecule has 0 unspecified atom stereocenters. The first kappa shape index (κ1) is 23.4. The van der Waals surface area contributed by atoms with E-state index in [1.807, 2.05) is 0 Å². The third kappa shape index (κ3) is 5.76. The predicted octanol–water partition coefficient (Wildman–Crippen LogP) is 4.02. The molecule has 1 aliphatic heterocycles.